The number of pyridine rings is 1. The molecule has 308 valence electrons. The summed E-state index contributed by atoms with van der Waals surface area (Å²) in [5.74, 6) is -3.70. The third-order valence-corrected chi connectivity index (χ3v) is 8.10. The van der Waals surface area contributed by atoms with Crippen molar-refractivity contribution in [1.82, 2.24) is 15.0 Å². The van der Waals surface area contributed by atoms with Crippen LogP contribution < -0.4 is 15.4 Å². The molecule has 3 heterocycles. The number of ether oxygens (including phenoxy) is 2. The number of hydrogen-bond donors (Lipinski definition) is 5. The van der Waals surface area contributed by atoms with Gasteiger partial charge in [-0.05, 0) is 42.3 Å². The van der Waals surface area contributed by atoms with E-state index in [1.54, 1.807) is 0 Å². The highest BCUT2D eigenvalue weighted by atomic mass is 19.4. The molecule has 1 amide bonds. The Morgan fingerprint density at radius 3 is 1.91 bits per heavy atom. The number of fused-ring (bicyclic) bond motifs is 1. The smallest absolute Gasteiger partial charge is 0.433 e. The zero-order valence-electron chi connectivity index (χ0n) is 29.0. The molecule has 2 aromatic heterocycles. The van der Waals surface area contributed by atoms with E-state index in [1.165, 1.54) is 6.92 Å². The van der Waals surface area contributed by atoms with Crippen LogP contribution in [0.25, 0.3) is 0 Å². The Balaban J connectivity index is 0.000000665. The first-order chi connectivity index (χ1) is 25.9. The normalized spacial score (nSPS) is 17.1. The third kappa shape index (κ3) is 11.6. The van der Waals surface area contributed by atoms with Crippen molar-refractivity contribution in [2.24, 2.45) is 5.73 Å². The van der Waals surface area contributed by atoms with Gasteiger partial charge in [0.05, 0.1) is 73.0 Å². The number of aromatic nitrogens is 3. The van der Waals surface area contributed by atoms with Gasteiger partial charge < -0.3 is 35.6 Å². The Kier molecular flexibility index (Phi) is 14.6. The van der Waals surface area contributed by atoms with E-state index in [-0.39, 0.29) is 73.8 Å². The van der Waals surface area contributed by atoms with Gasteiger partial charge >= 0.3 is 36.6 Å². The molecular formula is C33H34F9N5O9. The minimum Gasteiger partial charge on any atom is -0.488 e. The van der Waals surface area contributed by atoms with Crippen molar-refractivity contribution in [1.29, 1.82) is 0 Å². The minimum atomic E-state index is -5.14. The molecule has 56 heavy (non-hydrogen) atoms. The lowest BCUT2D eigenvalue weighted by atomic mass is 9.80. The van der Waals surface area contributed by atoms with E-state index in [0.29, 0.717) is 23.1 Å². The molecule has 0 saturated heterocycles. The fraction of sp³-hybridized carbons (Fsp3) is 0.455. The van der Waals surface area contributed by atoms with Crippen molar-refractivity contribution in [3.63, 3.8) is 0 Å². The lowest BCUT2D eigenvalue weighted by Gasteiger charge is -2.47. The van der Waals surface area contributed by atoms with Crippen LogP contribution in [0.5, 0.6) is 5.75 Å². The lowest BCUT2D eigenvalue weighted by Crippen LogP contribution is -2.64. The van der Waals surface area contributed by atoms with Crippen LogP contribution in [0.3, 0.4) is 0 Å². The highest BCUT2D eigenvalue weighted by Crippen LogP contribution is 2.45. The molecule has 4 rings (SSSR count). The van der Waals surface area contributed by atoms with Crippen LogP contribution in [0.15, 0.2) is 36.5 Å². The maximum atomic E-state index is 13.5. The van der Waals surface area contributed by atoms with Crippen LogP contribution in [-0.2, 0) is 45.7 Å². The van der Waals surface area contributed by atoms with Gasteiger partial charge in [0.15, 0.2) is 5.75 Å². The van der Waals surface area contributed by atoms with Gasteiger partial charge in [-0.25, -0.2) is 19.7 Å². The van der Waals surface area contributed by atoms with Crippen LogP contribution in [0, 0.1) is 0 Å². The Morgan fingerprint density at radius 1 is 0.875 bits per heavy atom. The van der Waals surface area contributed by atoms with E-state index in [9.17, 15) is 64.1 Å². The zero-order chi connectivity index (χ0) is 42.2. The first kappa shape index (κ1) is 45.1. The van der Waals surface area contributed by atoms with Crippen molar-refractivity contribution < 1.29 is 83.8 Å². The van der Waals surface area contributed by atoms with E-state index >= 15 is 0 Å². The van der Waals surface area contributed by atoms with E-state index < -0.39 is 90.0 Å². The summed E-state index contributed by atoms with van der Waals surface area (Å²) in [4.78, 5) is 44.8. The molecule has 23 heteroatoms. The lowest BCUT2D eigenvalue weighted by molar-refractivity contribution is -0.144. The van der Waals surface area contributed by atoms with Gasteiger partial charge in [-0.2, -0.15) is 39.5 Å². The average Bonchev–Trinajstić information content (AvgIpc) is 3.09. The fourth-order valence-electron chi connectivity index (χ4n) is 5.48. The first-order valence-electron chi connectivity index (χ1n) is 16.2. The molecule has 14 nitrogen and oxygen atoms in total. The SMILES string of the molecule is CCC1(N)C(c2ncc(OCCO)c(Cc3cc(C(F)(F)F)cc(C(F)(F)F)c3)n2)Cc2nc(C(F)(F)F)ccc2N1C(=O)O.O=C(O)CCOCCC(=O)O. The number of nitrogens with zero attached hydrogens (tertiary/aromatic N) is 4. The van der Waals surface area contributed by atoms with E-state index in [2.05, 4.69) is 15.0 Å². The standard InChI is InChI=1S/C27H24F9N5O4.C6H10O5/c1-2-24(37)16(11-17-19(41(24)23(43)44)3-4-21(39-17)27(34,35)36)22-38-12-20(45-6-5-42)18(40-22)9-13-7-14(25(28,29)30)10-15(8-13)26(31,32)33;7-5(8)1-3-11-4-2-6(9)10/h3-4,7-8,10,12,16,42H,2,5-6,9,11,37H2,1H3,(H,43,44);1-4H2,(H,7,8)(H,9,10). The predicted octanol–water partition coefficient (Wildman–Crippen LogP) is 5.73. The molecule has 1 aromatic carbocycles. The Bertz CT molecular complexity index is 1830. The number of nitrogens with two attached hydrogens (primary N) is 1. The Hall–Kier alpha value is -5.29. The molecule has 0 radical (unpaired) electrons. The summed E-state index contributed by atoms with van der Waals surface area (Å²) in [6.07, 6.45) is -17.2. The van der Waals surface area contributed by atoms with Crippen molar-refractivity contribution in [3.05, 3.63) is 76.1 Å². The molecule has 2 unspecified atom stereocenters. The molecule has 6 N–H and O–H groups in total. The molecular weight excluding hydrogens is 781 g/mol. The third-order valence-electron chi connectivity index (χ3n) is 8.10. The van der Waals surface area contributed by atoms with Gasteiger partial charge in [-0.1, -0.05) is 6.92 Å². The second-order valence-electron chi connectivity index (χ2n) is 12.0. The fourth-order valence-corrected chi connectivity index (χ4v) is 5.48. The number of aliphatic carboxylic acids is 2. The number of hydrogen-bond acceptors (Lipinski definition) is 10. The molecule has 1 aliphatic heterocycles. The van der Waals surface area contributed by atoms with E-state index in [4.69, 9.17) is 25.4 Å². The van der Waals surface area contributed by atoms with Crippen LogP contribution in [0.2, 0.25) is 0 Å². The molecule has 2 atom stereocenters. The minimum absolute atomic E-state index is 0.0513. The summed E-state index contributed by atoms with van der Waals surface area (Å²) in [6, 6.07) is 2.42. The number of amides is 1. The van der Waals surface area contributed by atoms with Crippen LogP contribution >= 0.6 is 0 Å². The van der Waals surface area contributed by atoms with Gasteiger partial charge in [0.25, 0.3) is 0 Å². The van der Waals surface area contributed by atoms with Crippen molar-refractivity contribution in [2.75, 3.05) is 31.3 Å². The monoisotopic (exact) mass is 815 g/mol. The average molecular weight is 816 g/mol. The van der Waals surface area contributed by atoms with Gasteiger partial charge in [-0.3, -0.25) is 14.5 Å². The predicted molar refractivity (Wildman–Crippen MR) is 173 cm³/mol. The highest BCUT2D eigenvalue weighted by Gasteiger charge is 2.50. The number of aliphatic hydroxyl groups is 1. The Morgan fingerprint density at radius 2 is 1.45 bits per heavy atom. The maximum Gasteiger partial charge on any atom is 0.433 e. The quantitative estimate of drug-likeness (QED) is 0.103. The molecule has 0 saturated carbocycles. The van der Waals surface area contributed by atoms with E-state index in [1.807, 2.05) is 0 Å². The number of alkyl halides is 9. The van der Waals surface area contributed by atoms with Crippen LogP contribution in [0.1, 0.15) is 71.7 Å². The number of rotatable bonds is 13. The van der Waals surface area contributed by atoms with Crippen molar-refractivity contribution in [2.45, 2.75) is 69.1 Å². The van der Waals surface area contributed by atoms with Gasteiger partial charge in [0.2, 0.25) is 0 Å². The molecule has 0 aliphatic carbocycles. The summed E-state index contributed by atoms with van der Waals surface area (Å²) >= 11 is 0. The number of benzene rings is 1. The summed E-state index contributed by atoms with van der Waals surface area (Å²) in [5, 5.41) is 35.5. The number of carboxylic acid groups (broad SMARTS) is 3. The molecule has 0 fully saturated rings. The van der Waals surface area contributed by atoms with Gasteiger partial charge in [0, 0.05) is 12.8 Å². The largest absolute Gasteiger partial charge is 0.488 e. The summed E-state index contributed by atoms with van der Waals surface area (Å²) in [6.45, 7) is 0.734. The second-order valence-corrected chi connectivity index (χ2v) is 12.0. The van der Waals surface area contributed by atoms with Gasteiger partial charge in [-0.15, -0.1) is 0 Å². The first-order valence-corrected chi connectivity index (χ1v) is 16.2. The van der Waals surface area contributed by atoms with Gasteiger partial charge in [0.1, 0.15) is 23.8 Å². The summed E-state index contributed by atoms with van der Waals surface area (Å²) in [7, 11) is 0. The number of carbonyl (C=O) groups is 3. The number of anilines is 1. The second kappa shape index (κ2) is 18.1. The summed E-state index contributed by atoms with van der Waals surface area (Å²) in [5.41, 5.74) is -1.07. The number of halogens is 9. The highest BCUT2D eigenvalue weighted by molar-refractivity contribution is 5.89. The number of carboxylic acids is 2. The van der Waals surface area contributed by atoms with Crippen molar-refractivity contribution >= 4 is 23.7 Å². The molecule has 3 aromatic rings. The summed E-state index contributed by atoms with van der Waals surface area (Å²) < 4.78 is 131. The molecule has 0 spiro atoms. The molecule has 1 aliphatic rings. The Labute approximate surface area is 310 Å². The number of aliphatic hydroxyl groups excluding tert-OH is 1. The van der Waals surface area contributed by atoms with Crippen LogP contribution in [0.4, 0.5) is 50.0 Å². The zero-order valence-corrected chi connectivity index (χ0v) is 29.0. The van der Waals surface area contributed by atoms with E-state index in [0.717, 1.165) is 12.3 Å². The van der Waals surface area contributed by atoms with Crippen molar-refractivity contribution in [3.8, 4) is 5.75 Å². The topological polar surface area (TPSA) is 219 Å². The van der Waals surface area contributed by atoms with Crippen LogP contribution in [-0.4, -0.2) is 85.5 Å². The molecule has 0 bridgehead atoms. The maximum absolute atomic E-state index is 13.5.